The Kier molecular flexibility index (Phi) is 7.07. The van der Waals surface area contributed by atoms with Crippen molar-refractivity contribution < 1.29 is 4.74 Å². The van der Waals surface area contributed by atoms with E-state index < -0.39 is 0 Å². The van der Waals surface area contributed by atoms with E-state index >= 15 is 0 Å². The van der Waals surface area contributed by atoms with Crippen LogP contribution in [0.5, 0.6) is 5.75 Å². The Labute approximate surface area is 293 Å². The fourth-order valence-electron chi connectivity index (χ4n) is 7.95. The zero-order valence-electron chi connectivity index (χ0n) is 28.5. The van der Waals surface area contributed by atoms with Gasteiger partial charge in [0, 0.05) is 22.5 Å². The number of nitrogens with zero attached hydrogens (tertiary/aromatic N) is 1. The average Bonchev–Trinajstić information content (AvgIpc) is 3.41. The predicted octanol–water partition coefficient (Wildman–Crippen LogP) is 13.1. The quantitative estimate of drug-likeness (QED) is 0.167. The van der Waals surface area contributed by atoms with Crippen LogP contribution in [0, 0.1) is 0 Å². The summed E-state index contributed by atoms with van der Waals surface area (Å²) in [7, 11) is 1.70. The Morgan fingerprint density at radius 3 is 1.66 bits per heavy atom. The summed E-state index contributed by atoms with van der Waals surface area (Å²) in [5.74, 6) is 0.860. The Bertz CT molecular complexity index is 2530. The molecular weight excluding hydrogens is 607 g/mol. The van der Waals surface area contributed by atoms with Gasteiger partial charge in [-0.25, -0.2) is 0 Å². The summed E-state index contributed by atoms with van der Waals surface area (Å²) in [6.45, 7) is 4.69. The maximum atomic E-state index is 5.39. The smallest absolute Gasteiger partial charge is 0.118 e. The molecule has 8 aromatic carbocycles. The molecule has 0 fully saturated rings. The lowest BCUT2D eigenvalue weighted by molar-refractivity contribution is 0.415. The van der Waals surface area contributed by atoms with Gasteiger partial charge in [-0.05, 0) is 121 Å². The van der Waals surface area contributed by atoms with Gasteiger partial charge in [0.05, 0.1) is 7.11 Å². The molecule has 0 saturated carbocycles. The third kappa shape index (κ3) is 4.87. The van der Waals surface area contributed by atoms with Gasteiger partial charge in [-0.2, -0.15) is 0 Å². The van der Waals surface area contributed by atoms with Gasteiger partial charge >= 0.3 is 0 Å². The van der Waals surface area contributed by atoms with Crippen LogP contribution in [-0.2, 0) is 5.41 Å². The van der Waals surface area contributed by atoms with E-state index in [1.165, 1.54) is 60.5 Å². The van der Waals surface area contributed by atoms with Crippen molar-refractivity contribution in [3.8, 4) is 39.1 Å². The van der Waals surface area contributed by atoms with Gasteiger partial charge in [-0.3, -0.25) is 0 Å². The van der Waals surface area contributed by atoms with Gasteiger partial charge < -0.3 is 9.64 Å². The molecule has 0 spiro atoms. The molecule has 0 radical (unpaired) electrons. The molecular formula is C48H37NO. The summed E-state index contributed by atoms with van der Waals surface area (Å²) in [5, 5.41) is 5.09. The van der Waals surface area contributed by atoms with Crippen LogP contribution >= 0.6 is 0 Å². The van der Waals surface area contributed by atoms with Gasteiger partial charge in [-0.1, -0.05) is 129 Å². The van der Waals surface area contributed by atoms with Crippen LogP contribution in [0.15, 0.2) is 170 Å². The Hall–Kier alpha value is -6.12. The van der Waals surface area contributed by atoms with Crippen molar-refractivity contribution in [2.45, 2.75) is 19.3 Å². The maximum absolute atomic E-state index is 5.39. The second kappa shape index (κ2) is 11.8. The van der Waals surface area contributed by atoms with Gasteiger partial charge in [0.25, 0.3) is 0 Å². The number of hydrogen-bond donors (Lipinski definition) is 0. The molecule has 0 aromatic heterocycles. The van der Waals surface area contributed by atoms with Crippen LogP contribution in [0.2, 0.25) is 0 Å². The van der Waals surface area contributed by atoms with E-state index in [1.807, 2.05) is 12.1 Å². The van der Waals surface area contributed by atoms with E-state index in [0.29, 0.717) is 0 Å². The van der Waals surface area contributed by atoms with Gasteiger partial charge in [0.2, 0.25) is 0 Å². The molecule has 0 unspecified atom stereocenters. The number of anilines is 3. The minimum Gasteiger partial charge on any atom is -0.497 e. The summed E-state index contributed by atoms with van der Waals surface area (Å²) in [4.78, 5) is 2.39. The highest BCUT2D eigenvalue weighted by Gasteiger charge is 2.35. The summed E-state index contributed by atoms with van der Waals surface area (Å²) < 4.78 is 5.39. The normalized spacial score (nSPS) is 12.9. The molecule has 0 amide bonds. The molecule has 0 heterocycles. The molecule has 0 aliphatic heterocycles. The van der Waals surface area contributed by atoms with Crippen LogP contribution in [0.3, 0.4) is 0 Å². The highest BCUT2D eigenvalue weighted by molar-refractivity contribution is 6.13. The first-order valence-corrected chi connectivity index (χ1v) is 17.3. The van der Waals surface area contributed by atoms with Crippen molar-refractivity contribution in [3.63, 3.8) is 0 Å². The number of benzene rings is 8. The topological polar surface area (TPSA) is 12.5 Å². The zero-order chi connectivity index (χ0) is 33.8. The molecule has 240 valence electrons. The minimum absolute atomic E-state index is 0.0904. The molecule has 0 atom stereocenters. The summed E-state index contributed by atoms with van der Waals surface area (Å²) in [6.07, 6.45) is 0. The Morgan fingerprint density at radius 2 is 0.960 bits per heavy atom. The summed E-state index contributed by atoms with van der Waals surface area (Å²) in [6, 6.07) is 61.8. The zero-order valence-corrected chi connectivity index (χ0v) is 28.5. The SMILES string of the molecule is COc1ccc(-c2ccc(N(c3ccc(-c4cc5ccccc5c5ccccc45)cc3)c3ccc4c(c3)C(C)(C)c3ccccc3-4)cc2)cc1. The predicted molar refractivity (Wildman–Crippen MR) is 211 cm³/mol. The number of fused-ring (bicyclic) bond motifs is 6. The van der Waals surface area contributed by atoms with Crippen molar-refractivity contribution in [1.82, 2.24) is 0 Å². The molecule has 1 aliphatic carbocycles. The van der Waals surface area contributed by atoms with Crippen molar-refractivity contribution in [2.75, 3.05) is 12.0 Å². The lowest BCUT2D eigenvalue weighted by atomic mass is 9.82. The molecule has 50 heavy (non-hydrogen) atoms. The molecule has 0 N–H and O–H groups in total. The first-order chi connectivity index (χ1) is 24.5. The molecule has 9 rings (SSSR count). The number of ether oxygens (including phenoxy) is 1. The molecule has 0 bridgehead atoms. The van der Waals surface area contributed by atoms with Crippen molar-refractivity contribution in [1.29, 1.82) is 0 Å². The van der Waals surface area contributed by atoms with Crippen molar-refractivity contribution in [2.24, 2.45) is 0 Å². The standard InChI is InChI=1S/C48H37NO/c1-48(2)46-15-9-8-14-43(46)44-29-26-38(31-47(44)48)49(36-22-16-32(17-23-36)33-20-27-39(50-3)28-21-33)37-24-18-34(19-25-37)45-30-35-10-4-5-11-40(35)41-12-6-7-13-42(41)45/h4-31H,1-3H3. The highest BCUT2D eigenvalue weighted by Crippen LogP contribution is 2.50. The highest BCUT2D eigenvalue weighted by atomic mass is 16.5. The van der Waals surface area contributed by atoms with E-state index in [9.17, 15) is 0 Å². The Balaban J connectivity index is 1.16. The van der Waals surface area contributed by atoms with Gasteiger partial charge in [0.1, 0.15) is 5.75 Å². The van der Waals surface area contributed by atoms with E-state index in [0.717, 1.165) is 28.4 Å². The number of methoxy groups -OCH3 is 1. The van der Waals surface area contributed by atoms with Crippen LogP contribution in [0.1, 0.15) is 25.0 Å². The number of hydrogen-bond acceptors (Lipinski definition) is 2. The molecule has 2 nitrogen and oxygen atoms in total. The number of rotatable bonds is 6. The monoisotopic (exact) mass is 643 g/mol. The molecule has 8 aromatic rings. The van der Waals surface area contributed by atoms with Gasteiger partial charge in [-0.15, -0.1) is 0 Å². The third-order valence-electron chi connectivity index (χ3n) is 10.6. The van der Waals surface area contributed by atoms with Crippen molar-refractivity contribution in [3.05, 3.63) is 181 Å². The van der Waals surface area contributed by atoms with E-state index in [4.69, 9.17) is 4.74 Å². The molecule has 2 heteroatoms. The first-order valence-electron chi connectivity index (χ1n) is 17.3. The summed E-state index contributed by atoms with van der Waals surface area (Å²) in [5.41, 5.74) is 13.5. The van der Waals surface area contributed by atoms with Gasteiger partial charge in [0.15, 0.2) is 0 Å². The maximum Gasteiger partial charge on any atom is 0.118 e. The second-order valence-electron chi connectivity index (χ2n) is 13.7. The first kappa shape index (κ1) is 30.0. The Morgan fingerprint density at radius 1 is 0.420 bits per heavy atom. The summed E-state index contributed by atoms with van der Waals surface area (Å²) >= 11 is 0. The largest absolute Gasteiger partial charge is 0.497 e. The molecule has 0 saturated heterocycles. The van der Waals surface area contributed by atoms with Crippen LogP contribution in [0.25, 0.3) is 54.9 Å². The fourth-order valence-corrected chi connectivity index (χ4v) is 7.95. The van der Waals surface area contributed by atoms with E-state index in [1.54, 1.807) is 7.11 Å². The van der Waals surface area contributed by atoms with E-state index in [-0.39, 0.29) is 5.41 Å². The minimum atomic E-state index is -0.0904. The second-order valence-corrected chi connectivity index (χ2v) is 13.7. The van der Waals surface area contributed by atoms with Crippen LogP contribution in [0.4, 0.5) is 17.1 Å². The average molecular weight is 644 g/mol. The van der Waals surface area contributed by atoms with Crippen LogP contribution in [-0.4, -0.2) is 7.11 Å². The van der Waals surface area contributed by atoms with E-state index in [2.05, 4.69) is 176 Å². The lowest BCUT2D eigenvalue weighted by Gasteiger charge is -2.28. The third-order valence-corrected chi connectivity index (χ3v) is 10.6. The van der Waals surface area contributed by atoms with Crippen LogP contribution < -0.4 is 9.64 Å². The fraction of sp³-hybridized carbons (Fsp3) is 0.0833. The molecule has 1 aliphatic rings. The lowest BCUT2D eigenvalue weighted by Crippen LogP contribution is -2.16. The van der Waals surface area contributed by atoms with Crippen molar-refractivity contribution >= 4 is 38.6 Å².